The fourth-order valence-electron chi connectivity index (χ4n) is 1.46. The van der Waals surface area contributed by atoms with Gasteiger partial charge in [0.25, 0.3) is 0 Å². The Kier molecular flexibility index (Phi) is 19.5. The van der Waals surface area contributed by atoms with Gasteiger partial charge in [-0.15, -0.1) is 0 Å². The molecule has 0 saturated heterocycles. The van der Waals surface area contributed by atoms with E-state index < -0.39 is 17.9 Å². The second-order valence-corrected chi connectivity index (χ2v) is 3.75. The van der Waals surface area contributed by atoms with Gasteiger partial charge < -0.3 is 19.8 Å². The Morgan fingerprint density at radius 1 is 0.941 bits per heavy atom. The van der Waals surface area contributed by atoms with E-state index in [-0.39, 0.29) is 54.8 Å². The van der Waals surface area contributed by atoms with Crippen LogP contribution in [0.15, 0.2) is 0 Å². The van der Waals surface area contributed by atoms with Crippen LogP contribution in [0.2, 0.25) is 0 Å². The first kappa shape index (κ1) is 22.7. The molecule has 4 nitrogen and oxygen atoms in total. The summed E-state index contributed by atoms with van der Waals surface area (Å²) < 4.78 is 0. The van der Waals surface area contributed by atoms with E-state index in [0.717, 1.165) is 25.7 Å². The van der Waals surface area contributed by atoms with Crippen LogP contribution < -0.4 is 58.6 Å². The molecule has 6 heteroatoms. The van der Waals surface area contributed by atoms with Crippen molar-refractivity contribution in [2.24, 2.45) is 5.92 Å². The molecule has 0 unspecified atom stereocenters. The van der Waals surface area contributed by atoms with Crippen LogP contribution in [0.3, 0.4) is 0 Å². The van der Waals surface area contributed by atoms with Gasteiger partial charge >= 0.3 is 48.4 Å². The number of carbonyl (C=O) groups excluding carboxylic acids is 2. The molecule has 88 valence electrons. The van der Waals surface area contributed by atoms with Crippen molar-refractivity contribution in [1.82, 2.24) is 0 Å². The third kappa shape index (κ3) is 12.8. The molecular formula is C11H18LiNaO4. The van der Waals surface area contributed by atoms with Gasteiger partial charge in [-0.25, -0.2) is 0 Å². The van der Waals surface area contributed by atoms with Gasteiger partial charge in [0.2, 0.25) is 0 Å². The molecule has 0 heterocycles. The number of hydrogen-bond donors (Lipinski definition) is 0. The van der Waals surface area contributed by atoms with Gasteiger partial charge in [0, 0.05) is 5.92 Å². The van der Waals surface area contributed by atoms with Crippen molar-refractivity contribution in [1.29, 1.82) is 0 Å². The third-order valence-electron chi connectivity index (χ3n) is 2.42. The smallest absolute Gasteiger partial charge is 0.549 e. The van der Waals surface area contributed by atoms with E-state index in [1.54, 1.807) is 0 Å². The minimum absolute atomic E-state index is 0. The van der Waals surface area contributed by atoms with Crippen molar-refractivity contribution in [3.63, 3.8) is 0 Å². The van der Waals surface area contributed by atoms with Gasteiger partial charge in [-0.05, 0) is 6.42 Å². The van der Waals surface area contributed by atoms with Crippen LogP contribution in [-0.2, 0) is 9.59 Å². The molecule has 0 radical (unpaired) electrons. The van der Waals surface area contributed by atoms with Gasteiger partial charge in [0.05, 0.1) is 11.9 Å². The fourth-order valence-corrected chi connectivity index (χ4v) is 1.46. The topological polar surface area (TPSA) is 80.3 Å². The Morgan fingerprint density at radius 2 is 1.35 bits per heavy atom. The zero-order chi connectivity index (χ0) is 11.7. The molecule has 17 heavy (non-hydrogen) atoms. The number of carboxylic acid groups (broad SMARTS) is 2. The van der Waals surface area contributed by atoms with Crippen LogP contribution in [0.4, 0.5) is 0 Å². The minimum Gasteiger partial charge on any atom is -0.549 e. The Balaban J connectivity index is -0.000000980. The van der Waals surface area contributed by atoms with E-state index in [1.165, 1.54) is 6.42 Å². The number of unbranched alkanes of at least 4 members (excludes halogenated alkanes) is 5. The Morgan fingerprint density at radius 3 is 1.76 bits per heavy atom. The second kappa shape index (κ2) is 14.6. The fraction of sp³-hybridized carbons (Fsp3) is 0.818. The van der Waals surface area contributed by atoms with E-state index in [9.17, 15) is 19.8 Å². The van der Waals surface area contributed by atoms with Gasteiger partial charge in [0.1, 0.15) is 0 Å². The summed E-state index contributed by atoms with van der Waals surface area (Å²) in [6, 6.07) is 0. The first-order valence-corrected chi connectivity index (χ1v) is 5.51. The number of rotatable bonds is 9. The van der Waals surface area contributed by atoms with Crippen molar-refractivity contribution in [3.8, 4) is 0 Å². The first-order chi connectivity index (χ1) is 7.09. The third-order valence-corrected chi connectivity index (χ3v) is 2.42. The maximum absolute atomic E-state index is 10.4. The monoisotopic (exact) mass is 244 g/mol. The van der Waals surface area contributed by atoms with Crippen LogP contribution in [0.1, 0.15) is 51.9 Å². The molecular weight excluding hydrogens is 226 g/mol. The summed E-state index contributed by atoms with van der Waals surface area (Å²) >= 11 is 0. The first-order valence-electron chi connectivity index (χ1n) is 5.51. The molecule has 0 bridgehead atoms. The molecule has 0 aliphatic heterocycles. The average Bonchev–Trinajstić information content (AvgIpc) is 2.15. The second-order valence-electron chi connectivity index (χ2n) is 3.75. The molecule has 0 aromatic heterocycles. The summed E-state index contributed by atoms with van der Waals surface area (Å²) in [7, 11) is 0. The van der Waals surface area contributed by atoms with Crippen LogP contribution in [0.25, 0.3) is 0 Å². The Hall–Kier alpha value is 0.537. The molecule has 0 aliphatic rings. The van der Waals surface area contributed by atoms with E-state index >= 15 is 0 Å². The summed E-state index contributed by atoms with van der Waals surface area (Å²) in [6.07, 6.45) is 6.08. The summed E-state index contributed by atoms with van der Waals surface area (Å²) in [5.41, 5.74) is 0. The van der Waals surface area contributed by atoms with Crippen LogP contribution in [0.5, 0.6) is 0 Å². The molecule has 0 fully saturated rings. The quantitative estimate of drug-likeness (QED) is 0.230. The Bertz CT molecular complexity index is 198. The molecule has 0 amide bonds. The molecule has 0 aliphatic carbocycles. The maximum Gasteiger partial charge on any atom is 1.00 e. The number of carbonyl (C=O) groups is 2. The van der Waals surface area contributed by atoms with Gasteiger partial charge in [-0.2, -0.15) is 0 Å². The maximum atomic E-state index is 10.4. The van der Waals surface area contributed by atoms with Gasteiger partial charge in [-0.1, -0.05) is 45.4 Å². The molecule has 0 rings (SSSR count). The largest absolute Gasteiger partial charge is 1.00 e. The number of hydrogen-bond acceptors (Lipinski definition) is 4. The van der Waals surface area contributed by atoms with Crippen molar-refractivity contribution in [2.45, 2.75) is 51.9 Å². The minimum atomic E-state index is -1.54. The van der Waals surface area contributed by atoms with Crippen molar-refractivity contribution >= 4 is 11.9 Å². The van der Waals surface area contributed by atoms with E-state index in [1.807, 2.05) is 0 Å². The predicted molar refractivity (Wildman–Crippen MR) is 51.5 cm³/mol. The summed E-state index contributed by atoms with van der Waals surface area (Å²) in [5.74, 6) is -4.52. The van der Waals surface area contributed by atoms with Crippen LogP contribution in [-0.4, -0.2) is 11.9 Å². The molecule has 0 aromatic rings. The normalized spacial score (nSPS) is 9.29. The van der Waals surface area contributed by atoms with Crippen molar-refractivity contribution < 1.29 is 68.2 Å². The van der Waals surface area contributed by atoms with Crippen LogP contribution in [0, 0.1) is 5.92 Å². The predicted octanol–water partition coefficient (Wildman–Crippen LogP) is -6.14. The zero-order valence-corrected chi connectivity index (χ0v) is 13.2. The standard InChI is InChI=1S/C11H20O4.Li.Na/c1-2-3-4-5-6-7-8-9(10(12)13)11(14)15;;/h9H,2-8H2,1H3,(H,12,13)(H,14,15);;/q;2*+1/p-2. The Labute approximate surface area is 137 Å². The zero-order valence-electron chi connectivity index (χ0n) is 11.2. The summed E-state index contributed by atoms with van der Waals surface area (Å²) in [4.78, 5) is 20.8. The van der Waals surface area contributed by atoms with Gasteiger partial charge in [0.15, 0.2) is 0 Å². The van der Waals surface area contributed by atoms with E-state index in [2.05, 4.69) is 6.92 Å². The molecule has 0 aromatic carbocycles. The number of carboxylic acids is 2. The summed E-state index contributed by atoms with van der Waals surface area (Å²) in [6.45, 7) is 2.11. The van der Waals surface area contributed by atoms with E-state index in [4.69, 9.17) is 0 Å². The molecule has 0 saturated carbocycles. The SMILES string of the molecule is CCCCCCCCC(C(=O)[O-])C(=O)[O-].[Li+].[Na+]. The number of aliphatic carboxylic acids is 2. The van der Waals surface area contributed by atoms with Crippen LogP contribution >= 0.6 is 0 Å². The van der Waals surface area contributed by atoms with Crippen molar-refractivity contribution in [2.75, 3.05) is 0 Å². The molecule has 0 spiro atoms. The average molecular weight is 244 g/mol. The van der Waals surface area contributed by atoms with Gasteiger partial charge in [-0.3, -0.25) is 0 Å². The van der Waals surface area contributed by atoms with Crippen molar-refractivity contribution in [3.05, 3.63) is 0 Å². The molecule has 0 N–H and O–H groups in total. The molecule has 0 atom stereocenters. The summed E-state index contributed by atoms with van der Waals surface area (Å²) in [5, 5.41) is 20.8. The van der Waals surface area contributed by atoms with E-state index in [0.29, 0.717) is 6.42 Å².